The van der Waals surface area contributed by atoms with Crippen molar-refractivity contribution in [3.05, 3.63) is 0 Å². The quantitative estimate of drug-likeness (QED) is 0.702. The van der Waals surface area contributed by atoms with E-state index < -0.39 is 10.0 Å². The van der Waals surface area contributed by atoms with Gasteiger partial charge in [0.25, 0.3) is 0 Å². The average Bonchev–Trinajstić information content (AvgIpc) is 2.28. The molecule has 1 rings (SSSR count). The molecule has 0 aromatic heterocycles. The molecule has 0 radical (unpaired) electrons. The second-order valence-corrected chi connectivity index (χ2v) is 6.52. The van der Waals surface area contributed by atoms with Gasteiger partial charge in [-0.2, -0.15) is 4.31 Å². The third-order valence-electron chi connectivity index (χ3n) is 3.43. The second kappa shape index (κ2) is 5.27. The molecule has 1 fully saturated rings. The Morgan fingerprint density at radius 3 is 2.20 bits per heavy atom. The van der Waals surface area contributed by atoms with Crippen LogP contribution < -0.4 is 4.90 Å². The summed E-state index contributed by atoms with van der Waals surface area (Å²) in [6.07, 6.45) is 1.16. The number of sulfonamides is 1. The van der Waals surface area contributed by atoms with E-state index in [1.165, 1.54) is 0 Å². The van der Waals surface area contributed by atoms with Crippen LogP contribution in [0, 0.1) is 0 Å². The van der Waals surface area contributed by atoms with Crippen LogP contribution in [0.4, 0.5) is 0 Å². The Morgan fingerprint density at radius 1 is 1.27 bits per heavy atom. The minimum absolute atomic E-state index is 0.228. The van der Waals surface area contributed by atoms with Crippen LogP contribution in [0.1, 0.15) is 27.2 Å². The molecule has 0 amide bonds. The van der Waals surface area contributed by atoms with Gasteiger partial charge in [-0.15, -0.1) is 0 Å². The largest absolute Gasteiger partial charge is 0.331 e. The van der Waals surface area contributed by atoms with Gasteiger partial charge in [-0.05, 0) is 20.3 Å². The Balaban J connectivity index is 2.49. The van der Waals surface area contributed by atoms with Gasteiger partial charge in [-0.1, -0.05) is 6.92 Å². The zero-order chi connectivity index (χ0) is 11.5. The van der Waals surface area contributed by atoms with Crippen molar-refractivity contribution in [1.29, 1.82) is 0 Å². The van der Waals surface area contributed by atoms with E-state index in [9.17, 15) is 8.42 Å². The van der Waals surface area contributed by atoms with Gasteiger partial charge in [0.05, 0.1) is 38.0 Å². The van der Waals surface area contributed by atoms with Crippen LogP contribution in [0.25, 0.3) is 0 Å². The number of quaternary nitrogens is 1. The van der Waals surface area contributed by atoms with Crippen molar-refractivity contribution in [3.63, 3.8) is 0 Å². The molecule has 1 unspecified atom stereocenters. The Morgan fingerprint density at radius 2 is 1.80 bits per heavy atom. The van der Waals surface area contributed by atoms with Crippen LogP contribution in [-0.2, 0) is 10.0 Å². The van der Waals surface area contributed by atoms with Crippen LogP contribution in [0.3, 0.4) is 0 Å². The van der Waals surface area contributed by atoms with Crippen LogP contribution in [-0.4, -0.2) is 50.7 Å². The molecule has 0 aromatic carbocycles. The molecule has 1 aliphatic rings. The molecular weight excluding hydrogens is 212 g/mol. The first-order valence-corrected chi connectivity index (χ1v) is 7.44. The first-order chi connectivity index (χ1) is 7.01. The average molecular weight is 235 g/mol. The maximum absolute atomic E-state index is 11.6. The van der Waals surface area contributed by atoms with Crippen LogP contribution in [0.2, 0.25) is 0 Å². The van der Waals surface area contributed by atoms with E-state index in [1.54, 1.807) is 16.1 Å². The van der Waals surface area contributed by atoms with Crippen LogP contribution in [0.5, 0.6) is 0 Å². The van der Waals surface area contributed by atoms with Crippen LogP contribution >= 0.6 is 0 Å². The molecule has 4 nitrogen and oxygen atoms in total. The Bertz CT molecular complexity index is 282. The highest BCUT2D eigenvalue weighted by molar-refractivity contribution is 7.89. The SMILES string of the molecule is CCC(C)[NH+]1CCN(S(=O)(=O)CC)CC1. The van der Waals surface area contributed by atoms with E-state index in [0.29, 0.717) is 19.1 Å². The molecule has 5 heteroatoms. The molecule has 1 saturated heterocycles. The number of nitrogens with one attached hydrogen (secondary N) is 1. The summed E-state index contributed by atoms with van der Waals surface area (Å²) in [6, 6.07) is 0.650. The van der Waals surface area contributed by atoms with Gasteiger partial charge in [0, 0.05) is 0 Å². The summed E-state index contributed by atoms with van der Waals surface area (Å²) in [5, 5.41) is 0. The number of hydrogen-bond acceptors (Lipinski definition) is 2. The first-order valence-electron chi connectivity index (χ1n) is 5.83. The molecule has 0 saturated carbocycles. The fourth-order valence-electron chi connectivity index (χ4n) is 2.02. The zero-order valence-corrected chi connectivity index (χ0v) is 10.8. The molecule has 15 heavy (non-hydrogen) atoms. The van der Waals surface area contributed by atoms with E-state index >= 15 is 0 Å². The lowest BCUT2D eigenvalue weighted by atomic mass is 10.2. The smallest absolute Gasteiger partial charge is 0.214 e. The molecule has 1 N–H and O–H groups in total. The van der Waals surface area contributed by atoms with E-state index in [1.807, 2.05) is 0 Å². The molecule has 1 heterocycles. The van der Waals surface area contributed by atoms with E-state index in [0.717, 1.165) is 19.5 Å². The Hall–Kier alpha value is -0.130. The number of rotatable bonds is 4. The lowest BCUT2D eigenvalue weighted by molar-refractivity contribution is -0.927. The highest BCUT2D eigenvalue weighted by atomic mass is 32.2. The van der Waals surface area contributed by atoms with Gasteiger partial charge in [0.15, 0.2) is 0 Å². The summed E-state index contributed by atoms with van der Waals surface area (Å²) in [5.41, 5.74) is 0. The topological polar surface area (TPSA) is 41.8 Å². The van der Waals surface area contributed by atoms with Crippen LogP contribution in [0.15, 0.2) is 0 Å². The minimum Gasteiger partial charge on any atom is -0.331 e. The van der Waals surface area contributed by atoms with Gasteiger partial charge in [-0.3, -0.25) is 0 Å². The van der Waals surface area contributed by atoms with Gasteiger partial charge in [0.2, 0.25) is 10.0 Å². The van der Waals surface area contributed by atoms with E-state index in [-0.39, 0.29) is 5.75 Å². The van der Waals surface area contributed by atoms with Gasteiger partial charge >= 0.3 is 0 Å². The van der Waals surface area contributed by atoms with Crippen molar-refractivity contribution in [1.82, 2.24) is 4.31 Å². The highest BCUT2D eigenvalue weighted by Gasteiger charge is 2.29. The summed E-state index contributed by atoms with van der Waals surface area (Å²) in [5.74, 6) is 0.228. The van der Waals surface area contributed by atoms with Crippen molar-refractivity contribution in [2.75, 3.05) is 31.9 Å². The summed E-state index contributed by atoms with van der Waals surface area (Å²) >= 11 is 0. The summed E-state index contributed by atoms with van der Waals surface area (Å²) in [4.78, 5) is 1.54. The van der Waals surface area contributed by atoms with E-state index in [4.69, 9.17) is 0 Å². The fraction of sp³-hybridized carbons (Fsp3) is 1.00. The van der Waals surface area contributed by atoms with Gasteiger partial charge in [0.1, 0.15) is 0 Å². The maximum Gasteiger partial charge on any atom is 0.214 e. The number of hydrogen-bond donors (Lipinski definition) is 1. The third-order valence-corrected chi connectivity index (χ3v) is 5.31. The van der Waals surface area contributed by atoms with Crippen molar-refractivity contribution in [2.45, 2.75) is 33.2 Å². The molecule has 0 aromatic rings. The minimum atomic E-state index is -2.96. The normalized spacial score (nSPS) is 22.9. The number of piperazine rings is 1. The highest BCUT2D eigenvalue weighted by Crippen LogP contribution is 2.01. The number of nitrogens with zero attached hydrogens (tertiary/aromatic N) is 1. The molecule has 0 spiro atoms. The third kappa shape index (κ3) is 3.16. The molecule has 0 aliphatic carbocycles. The molecular formula is C10H23N2O2S+. The molecule has 1 aliphatic heterocycles. The molecule has 90 valence electrons. The Kier molecular flexibility index (Phi) is 4.55. The fourth-order valence-corrected chi connectivity index (χ4v) is 3.12. The monoisotopic (exact) mass is 235 g/mol. The standard InChI is InChI=1S/C10H22N2O2S/c1-4-10(3)11-6-8-12(9-7-11)15(13,14)5-2/h10H,4-9H2,1-3H3/p+1. The lowest BCUT2D eigenvalue weighted by Crippen LogP contribution is -3.17. The van der Waals surface area contributed by atoms with E-state index in [2.05, 4.69) is 13.8 Å². The predicted molar refractivity (Wildman–Crippen MR) is 61.5 cm³/mol. The molecule has 0 bridgehead atoms. The van der Waals surface area contributed by atoms with Crippen molar-refractivity contribution >= 4 is 10.0 Å². The van der Waals surface area contributed by atoms with Crippen molar-refractivity contribution in [2.24, 2.45) is 0 Å². The van der Waals surface area contributed by atoms with Gasteiger partial charge < -0.3 is 4.90 Å². The van der Waals surface area contributed by atoms with Gasteiger partial charge in [-0.25, -0.2) is 8.42 Å². The van der Waals surface area contributed by atoms with Crippen molar-refractivity contribution in [3.8, 4) is 0 Å². The second-order valence-electron chi connectivity index (χ2n) is 4.27. The lowest BCUT2D eigenvalue weighted by Gasteiger charge is -2.34. The van der Waals surface area contributed by atoms with Crippen molar-refractivity contribution < 1.29 is 13.3 Å². The summed E-state index contributed by atoms with van der Waals surface area (Å²) < 4.78 is 24.9. The zero-order valence-electron chi connectivity index (χ0n) is 9.99. The summed E-state index contributed by atoms with van der Waals surface area (Å²) in [7, 11) is -2.96. The molecule has 1 atom stereocenters. The maximum atomic E-state index is 11.6. The first kappa shape index (κ1) is 12.9. The summed E-state index contributed by atoms with van der Waals surface area (Å²) in [6.45, 7) is 9.42. The Labute approximate surface area is 93.3 Å². The predicted octanol–water partition coefficient (Wildman–Crippen LogP) is -0.665.